The van der Waals surface area contributed by atoms with Crippen LogP contribution in [0.2, 0.25) is 0 Å². The molecule has 0 radical (unpaired) electrons. The molecule has 8 heteroatoms. The quantitative estimate of drug-likeness (QED) is 0.346. The lowest BCUT2D eigenvalue weighted by Crippen LogP contribution is -2.32. The van der Waals surface area contributed by atoms with Crippen molar-refractivity contribution in [1.82, 2.24) is 15.1 Å². The first-order valence-corrected chi connectivity index (χ1v) is 5.20. The first-order chi connectivity index (χ1) is 9.11. The Kier molecular flexibility index (Phi) is 3.53. The molecule has 1 amide bonds. The number of amides is 1. The maximum atomic E-state index is 11.4. The molecule has 1 aromatic heterocycles. The van der Waals surface area contributed by atoms with Crippen molar-refractivity contribution >= 4 is 23.3 Å². The summed E-state index contributed by atoms with van der Waals surface area (Å²) >= 11 is 0. The molecule has 0 unspecified atom stereocenters. The summed E-state index contributed by atoms with van der Waals surface area (Å²) in [7, 11) is 0.997. The van der Waals surface area contributed by atoms with Gasteiger partial charge in [-0.05, 0) is 12.1 Å². The second kappa shape index (κ2) is 5.27. The summed E-state index contributed by atoms with van der Waals surface area (Å²) in [6.07, 6.45) is 0.835. The highest BCUT2D eigenvalue weighted by molar-refractivity contribution is 5.80. The van der Waals surface area contributed by atoms with Gasteiger partial charge in [0.1, 0.15) is 5.69 Å². The highest BCUT2D eigenvalue weighted by atomic mass is 16.7. The van der Waals surface area contributed by atoms with Gasteiger partial charge in [0.2, 0.25) is 6.21 Å². The van der Waals surface area contributed by atoms with E-state index >= 15 is 0 Å². The third-order valence-corrected chi connectivity index (χ3v) is 2.22. The van der Waals surface area contributed by atoms with Gasteiger partial charge >= 0.3 is 6.09 Å². The number of hydrazone groups is 1. The number of fused-ring (bicyclic) bond motifs is 1. The van der Waals surface area contributed by atoms with Crippen molar-refractivity contribution in [2.24, 2.45) is 0 Å². The van der Waals surface area contributed by atoms with Gasteiger partial charge in [-0.25, -0.2) is 9.78 Å². The molecule has 98 valence electrons. The first-order valence-electron chi connectivity index (χ1n) is 5.20. The molecule has 0 bridgehead atoms. The summed E-state index contributed by atoms with van der Waals surface area (Å²) in [5.41, 5.74) is 1.38. The SMILES string of the molecule is COC(=O)N([O-])[N+]([O-])=Cc1cnc2ccccc2n1. The van der Waals surface area contributed by atoms with E-state index in [0.717, 1.165) is 13.3 Å². The van der Waals surface area contributed by atoms with E-state index in [1.807, 2.05) is 0 Å². The molecule has 0 aliphatic rings. The molecule has 0 saturated heterocycles. The number of hydroxylamine groups is 1. The zero-order valence-corrected chi connectivity index (χ0v) is 9.89. The Morgan fingerprint density at radius 2 is 2.11 bits per heavy atom. The minimum atomic E-state index is -1.32. The molecule has 2 rings (SSSR count). The van der Waals surface area contributed by atoms with Crippen molar-refractivity contribution in [3.63, 3.8) is 0 Å². The summed E-state index contributed by atoms with van der Waals surface area (Å²) in [4.78, 5) is 18.8. The number of carbonyl (C=O) groups excluding carboxylic acids is 1. The molecule has 0 N–H and O–H groups in total. The van der Waals surface area contributed by atoms with Gasteiger partial charge in [-0.2, -0.15) is 0 Å². The molecule has 8 nitrogen and oxygen atoms in total. The lowest BCUT2D eigenvalue weighted by atomic mass is 10.3. The lowest BCUT2D eigenvalue weighted by molar-refractivity contribution is -0.597. The molecule has 1 heterocycles. The van der Waals surface area contributed by atoms with Crippen LogP contribution in [-0.4, -0.2) is 39.4 Å². The minimum absolute atomic E-state index is 0.151. The van der Waals surface area contributed by atoms with Gasteiger partial charge in [-0.1, -0.05) is 17.0 Å². The fraction of sp³-hybridized carbons (Fsp3) is 0.0909. The Balaban J connectivity index is 2.32. The average Bonchev–Trinajstić information content (AvgIpc) is 2.45. The average molecular weight is 261 g/mol. The van der Waals surface area contributed by atoms with Crippen LogP contribution in [0.1, 0.15) is 5.69 Å². The van der Waals surface area contributed by atoms with E-state index < -0.39 is 11.3 Å². The van der Waals surface area contributed by atoms with E-state index in [1.165, 1.54) is 6.20 Å². The van der Waals surface area contributed by atoms with Crippen LogP contribution < -0.4 is 0 Å². The topological polar surface area (TPSA) is 104 Å². The van der Waals surface area contributed by atoms with Gasteiger partial charge in [-0.15, -0.1) is 5.17 Å². The summed E-state index contributed by atoms with van der Waals surface area (Å²) in [5.74, 6) is 0. The van der Waals surface area contributed by atoms with Crippen molar-refractivity contribution in [1.29, 1.82) is 0 Å². The van der Waals surface area contributed by atoms with E-state index in [-0.39, 0.29) is 10.5 Å². The van der Waals surface area contributed by atoms with Crippen molar-refractivity contribution in [2.45, 2.75) is 0 Å². The number of hydrogen-bond acceptors (Lipinski definition) is 6. The number of methoxy groups -OCH3 is 1. The van der Waals surface area contributed by atoms with Gasteiger partial charge in [0.05, 0.1) is 24.3 Å². The zero-order valence-electron chi connectivity index (χ0n) is 9.89. The van der Waals surface area contributed by atoms with E-state index in [1.54, 1.807) is 24.3 Å². The number of benzene rings is 1. The zero-order chi connectivity index (χ0) is 13.8. The molecule has 0 spiro atoms. The third kappa shape index (κ3) is 2.75. The normalized spacial score (nSPS) is 11.4. The van der Waals surface area contributed by atoms with E-state index in [4.69, 9.17) is 0 Å². The van der Waals surface area contributed by atoms with Crippen LogP contribution in [0.4, 0.5) is 4.79 Å². The van der Waals surface area contributed by atoms with Crippen LogP contribution in [0.3, 0.4) is 0 Å². The molecule has 0 saturated carbocycles. The number of ether oxygens (including phenoxy) is 1. The summed E-state index contributed by atoms with van der Waals surface area (Å²) in [5, 5.41) is 22.0. The smallest absolute Gasteiger partial charge is 0.454 e. The number of aromatic nitrogens is 2. The molecule has 19 heavy (non-hydrogen) atoms. The third-order valence-electron chi connectivity index (χ3n) is 2.22. The fourth-order valence-corrected chi connectivity index (χ4v) is 1.36. The highest BCUT2D eigenvalue weighted by Crippen LogP contribution is 2.07. The summed E-state index contributed by atoms with van der Waals surface area (Å²) in [6, 6.07) is 7.04. The Labute approximate surface area is 107 Å². The van der Waals surface area contributed by atoms with Crippen molar-refractivity contribution < 1.29 is 14.4 Å². The number of carbonyl (C=O) groups is 1. The molecule has 0 aliphatic carbocycles. The van der Waals surface area contributed by atoms with Gasteiger partial charge in [0.15, 0.2) is 0 Å². The summed E-state index contributed by atoms with van der Waals surface area (Å²) < 4.78 is 4.12. The number of hydrogen-bond donors (Lipinski definition) is 0. The predicted molar refractivity (Wildman–Crippen MR) is 65.9 cm³/mol. The minimum Gasteiger partial charge on any atom is -0.696 e. The van der Waals surface area contributed by atoms with Crippen LogP contribution in [0.25, 0.3) is 11.0 Å². The second-order valence-electron chi connectivity index (χ2n) is 3.46. The van der Waals surface area contributed by atoms with Crippen LogP contribution >= 0.6 is 0 Å². The number of hydrazine groups is 1. The monoisotopic (exact) mass is 261 g/mol. The highest BCUT2D eigenvalue weighted by Gasteiger charge is 2.10. The van der Waals surface area contributed by atoms with Crippen LogP contribution in [0.5, 0.6) is 0 Å². The molecule has 0 fully saturated rings. The van der Waals surface area contributed by atoms with Crippen LogP contribution in [0, 0.1) is 10.4 Å². The molecule has 1 aromatic carbocycles. The maximum absolute atomic E-state index is 11.4. The molecule has 0 atom stereocenters. The number of nitrogens with zero attached hydrogens (tertiary/aromatic N) is 4. The molecular weight excluding hydrogens is 252 g/mol. The Bertz CT molecular complexity index is 643. The lowest BCUT2D eigenvalue weighted by Gasteiger charge is -2.21. The van der Waals surface area contributed by atoms with Crippen LogP contribution in [0.15, 0.2) is 30.5 Å². The molecule has 2 aromatic rings. The standard InChI is InChI=1S/C11H9N4O4/c1-19-11(16)15(18)14(17)7-8-6-12-9-4-2-3-5-10(9)13-8/h2-7H,1H3/q-1. The van der Waals surface area contributed by atoms with Gasteiger partial charge in [-0.3, -0.25) is 4.98 Å². The first kappa shape index (κ1) is 12.7. The second-order valence-corrected chi connectivity index (χ2v) is 3.46. The van der Waals surface area contributed by atoms with Gasteiger partial charge in [0, 0.05) is 0 Å². The Morgan fingerprint density at radius 3 is 2.79 bits per heavy atom. The Morgan fingerprint density at radius 1 is 1.42 bits per heavy atom. The van der Waals surface area contributed by atoms with Crippen molar-refractivity contribution in [3.8, 4) is 0 Å². The van der Waals surface area contributed by atoms with Crippen molar-refractivity contribution in [3.05, 3.63) is 46.6 Å². The maximum Gasteiger partial charge on any atom is 0.454 e. The van der Waals surface area contributed by atoms with Crippen molar-refractivity contribution in [2.75, 3.05) is 7.11 Å². The molecule has 0 aliphatic heterocycles. The van der Waals surface area contributed by atoms with E-state index in [2.05, 4.69) is 14.7 Å². The molecular formula is C11H9N4O4-. The number of rotatable bonds is 2. The largest absolute Gasteiger partial charge is 0.696 e. The Hall–Kier alpha value is -2.74. The number of para-hydroxylation sites is 2. The van der Waals surface area contributed by atoms with E-state index in [9.17, 15) is 15.2 Å². The van der Waals surface area contributed by atoms with E-state index in [0.29, 0.717) is 11.0 Å². The van der Waals surface area contributed by atoms with Gasteiger partial charge in [0.25, 0.3) is 0 Å². The predicted octanol–water partition coefficient (Wildman–Crippen LogP) is 1.04. The van der Waals surface area contributed by atoms with Gasteiger partial charge < -0.3 is 15.2 Å². The fourth-order valence-electron chi connectivity index (χ4n) is 1.36. The van der Waals surface area contributed by atoms with Crippen LogP contribution in [-0.2, 0) is 4.74 Å². The summed E-state index contributed by atoms with van der Waals surface area (Å²) in [6.45, 7) is 0.